The maximum atomic E-state index is 4.44. The average molecular weight is 492 g/mol. The summed E-state index contributed by atoms with van der Waals surface area (Å²) in [5, 5.41) is 0. The summed E-state index contributed by atoms with van der Waals surface area (Å²) < 4.78 is 5.75. The number of quaternary nitrogens is 1. The summed E-state index contributed by atoms with van der Waals surface area (Å²) in [7, 11) is 0. The van der Waals surface area contributed by atoms with Crippen molar-refractivity contribution in [2.75, 3.05) is 6.54 Å². The quantitative estimate of drug-likeness (QED) is 0.247. The third-order valence-corrected chi connectivity index (χ3v) is 6.84. The van der Waals surface area contributed by atoms with Gasteiger partial charge >= 0.3 is 18.9 Å². The van der Waals surface area contributed by atoms with Crippen LogP contribution in [0.5, 0.6) is 0 Å². The van der Waals surface area contributed by atoms with Crippen molar-refractivity contribution in [1.82, 2.24) is 0 Å². The monoisotopic (exact) mass is 492 g/mol. The normalized spacial score (nSPS) is 18.1. The van der Waals surface area contributed by atoms with Crippen LogP contribution >= 0.6 is 20.7 Å². The van der Waals surface area contributed by atoms with Crippen LogP contribution < -0.4 is 18.9 Å². The molecule has 0 spiro atoms. The van der Waals surface area contributed by atoms with Crippen LogP contribution in [0.2, 0.25) is 0 Å². The van der Waals surface area contributed by atoms with Gasteiger partial charge in [0.25, 0.3) is 0 Å². The smallest absolute Gasteiger partial charge is 0.389 e. The molecule has 1 nitrogen and oxygen atoms in total. The Hall–Kier alpha value is -0.923. The minimum absolute atomic E-state index is 0. The predicted octanol–water partition coefficient (Wildman–Crippen LogP) is 4.11. The van der Waals surface area contributed by atoms with Gasteiger partial charge in [-0.25, -0.2) is 0 Å². The minimum Gasteiger partial charge on any atom is -0.389 e. The van der Waals surface area contributed by atoms with Gasteiger partial charge in [0.1, 0.15) is 0 Å². The molecule has 0 aromatic heterocycles. The first kappa shape index (κ1) is 26.1. The molecule has 1 heterocycles. The van der Waals surface area contributed by atoms with Crippen molar-refractivity contribution in [3.05, 3.63) is 100 Å². The molecule has 29 heavy (non-hydrogen) atoms. The van der Waals surface area contributed by atoms with Crippen molar-refractivity contribution < 1.29 is 23.3 Å². The second-order valence-corrected chi connectivity index (χ2v) is 10.5. The Labute approximate surface area is 200 Å². The summed E-state index contributed by atoms with van der Waals surface area (Å²) in [6.07, 6.45) is 5.40. The summed E-state index contributed by atoms with van der Waals surface area (Å²) in [6.45, 7) is 16.3. The van der Waals surface area contributed by atoms with Crippen molar-refractivity contribution >= 4 is 24.9 Å². The van der Waals surface area contributed by atoms with Crippen molar-refractivity contribution in [3.63, 3.8) is 0 Å². The number of nitrogens with zero attached hydrogens (tertiary/aromatic N) is 1. The zero-order valence-electron chi connectivity index (χ0n) is 18.8. The maximum Gasteiger partial charge on any atom is 1.00 e. The molecule has 0 amide bonds. The fourth-order valence-corrected chi connectivity index (χ4v) is 4.98. The Morgan fingerprint density at radius 2 is 1.72 bits per heavy atom. The number of allylic oxidation sites excluding steroid dienone is 1. The van der Waals surface area contributed by atoms with Gasteiger partial charge in [0, 0.05) is 12.5 Å². The number of rotatable bonds is 6. The zero-order valence-corrected chi connectivity index (χ0v) is 21.0. The Bertz CT molecular complexity index is 806. The fraction of sp³-hybridized carbons (Fsp3) is 0.308. The van der Waals surface area contributed by atoms with Crippen LogP contribution in [0.25, 0.3) is 0 Å². The van der Waals surface area contributed by atoms with E-state index in [-0.39, 0.29) is 45.0 Å². The van der Waals surface area contributed by atoms with E-state index in [2.05, 4.69) is 106 Å². The van der Waals surface area contributed by atoms with Crippen LogP contribution in [0.1, 0.15) is 46.6 Å². The molecule has 0 saturated heterocycles. The van der Waals surface area contributed by atoms with Gasteiger partial charge in [-0.15, -0.1) is 3.57 Å². The molecule has 0 aliphatic carbocycles. The molecule has 0 bridgehead atoms. The van der Waals surface area contributed by atoms with E-state index in [1.54, 1.807) is 0 Å². The summed E-state index contributed by atoms with van der Waals surface area (Å²) in [5.74, 6) is 1.42. The van der Waals surface area contributed by atoms with E-state index in [0.717, 1.165) is 13.0 Å². The van der Waals surface area contributed by atoms with Gasteiger partial charge in [0.2, 0.25) is 0 Å². The Morgan fingerprint density at radius 3 is 2.21 bits per heavy atom. The van der Waals surface area contributed by atoms with Crippen LogP contribution in [0, 0.1) is 15.6 Å². The van der Waals surface area contributed by atoms with Crippen LogP contribution in [-0.2, 0) is 5.41 Å². The summed E-state index contributed by atoms with van der Waals surface area (Å²) in [4.78, 5) is 0. The molecule has 0 N–H and O–H groups in total. The molecule has 2 aromatic carbocycles. The molecule has 0 radical (unpaired) electrons. The van der Waals surface area contributed by atoms with Gasteiger partial charge in [-0.1, -0.05) is 44.2 Å². The number of hydrogen-bond donors (Lipinski definition) is 0. The van der Waals surface area contributed by atoms with E-state index in [1.807, 2.05) is 12.1 Å². The standard InChI is InChI=1S/C22H23IN.C4H9.Li/c1-19(17-22(2,3)20-11-6-4-7-12-20)24(15-10-16-24)18-23-21-13-8-5-9-14-21;1-4(2)3;/h4-13,15H,1,16-17H2,2-3H3;1-3H3;/q2*-1;+1. The molecular formula is C26H32ILiN-. The van der Waals surface area contributed by atoms with E-state index in [9.17, 15) is 0 Å². The molecule has 1 unspecified atom stereocenters. The predicted molar refractivity (Wildman–Crippen MR) is 131 cm³/mol. The molecule has 2 aromatic rings. The van der Waals surface area contributed by atoms with E-state index < -0.39 is 0 Å². The third-order valence-electron chi connectivity index (χ3n) is 4.48. The number of benzene rings is 2. The Morgan fingerprint density at radius 1 is 1.14 bits per heavy atom. The number of hydrogen-bond acceptors (Lipinski definition) is 0. The van der Waals surface area contributed by atoms with Gasteiger partial charge in [-0.3, -0.25) is 20.7 Å². The zero-order chi connectivity index (χ0) is 20.6. The van der Waals surface area contributed by atoms with Crippen molar-refractivity contribution in [3.8, 4) is 0 Å². The van der Waals surface area contributed by atoms with Crippen LogP contribution in [0.15, 0.2) is 79.1 Å². The topological polar surface area (TPSA) is 0 Å². The molecule has 0 fully saturated rings. The minimum atomic E-state index is -0.295. The van der Waals surface area contributed by atoms with E-state index in [0.29, 0.717) is 4.48 Å². The van der Waals surface area contributed by atoms with E-state index in [4.69, 9.17) is 0 Å². The van der Waals surface area contributed by atoms with Crippen LogP contribution in [0.3, 0.4) is 0 Å². The summed E-state index contributed by atoms with van der Waals surface area (Å²) >= 11 is -0.295. The van der Waals surface area contributed by atoms with Gasteiger partial charge in [0.15, 0.2) is 0 Å². The molecule has 150 valence electrons. The maximum absolute atomic E-state index is 4.44. The molecular weight excluding hydrogens is 460 g/mol. The van der Waals surface area contributed by atoms with Crippen molar-refractivity contribution in [2.24, 2.45) is 0 Å². The van der Waals surface area contributed by atoms with Crippen molar-refractivity contribution in [2.45, 2.75) is 46.5 Å². The summed E-state index contributed by atoms with van der Waals surface area (Å²) in [5.41, 5.74) is 2.66. The molecule has 0 saturated carbocycles. The molecule has 3 heteroatoms. The van der Waals surface area contributed by atoms with Gasteiger partial charge in [-0.05, 0) is 17.6 Å². The third kappa shape index (κ3) is 8.02. The first-order valence-electron chi connectivity index (χ1n) is 9.69. The molecule has 3 rings (SSSR count). The Balaban J connectivity index is 0.000000771. The van der Waals surface area contributed by atoms with Gasteiger partial charge in [-0.2, -0.15) is 55.2 Å². The Kier molecular flexibility index (Phi) is 10.9. The molecule has 1 aliphatic rings. The first-order valence-corrected chi connectivity index (χ1v) is 11.8. The van der Waals surface area contributed by atoms with Gasteiger partial charge < -0.3 is 10.4 Å². The molecule has 1 aliphatic heterocycles. The van der Waals surface area contributed by atoms with E-state index in [1.165, 1.54) is 20.7 Å². The van der Waals surface area contributed by atoms with E-state index >= 15 is 0 Å². The summed E-state index contributed by atoms with van der Waals surface area (Å²) in [6, 6.07) is 22.3. The van der Waals surface area contributed by atoms with Crippen LogP contribution in [0.4, 0.5) is 0 Å². The second-order valence-electron chi connectivity index (χ2n) is 8.32. The van der Waals surface area contributed by atoms with Crippen LogP contribution in [-0.4, -0.2) is 15.2 Å². The van der Waals surface area contributed by atoms with Gasteiger partial charge in [0.05, 0.1) is 18.4 Å². The average Bonchev–Trinajstić information content (AvgIpc) is 2.61. The SMILES string of the molecule is C=C(CC(C)(C)c1ccccc1)[N+]1([C-]=Ic2[c-]cccc2)C=CC1.C[C-](C)C.[Li+]. The number of halogens is 1. The second kappa shape index (κ2) is 12.1. The fourth-order valence-electron chi connectivity index (χ4n) is 2.87. The largest absolute Gasteiger partial charge is 1.00 e. The first-order chi connectivity index (χ1) is 13.3. The van der Waals surface area contributed by atoms with Crippen molar-refractivity contribution in [1.29, 1.82) is 0 Å². The molecule has 1 atom stereocenters.